The van der Waals surface area contributed by atoms with E-state index in [0.717, 1.165) is 5.06 Å². The number of hydroxylamine groups is 2. The molecule has 5 nitrogen and oxygen atoms in total. The van der Waals surface area contributed by atoms with Crippen molar-refractivity contribution in [3.63, 3.8) is 0 Å². The van der Waals surface area contributed by atoms with Crippen molar-refractivity contribution in [2.45, 2.75) is 18.6 Å². The second-order valence-corrected chi connectivity index (χ2v) is 3.94. The van der Waals surface area contributed by atoms with E-state index < -0.39 is 12.1 Å². The monoisotopic (exact) mass is 256 g/mol. The third-order valence-corrected chi connectivity index (χ3v) is 2.56. The van der Waals surface area contributed by atoms with Crippen LogP contribution in [0.25, 0.3) is 0 Å². The summed E-state index contributed by atoms with van der Waals surface area (Å²) in [5.41, 5.74) is 0. The van der Waals surface area contributed by atoms with Crippen LogP contribution in [-0.2, 0) is 9.63 Å². The number of alkyl halides is 3. The standard InChI is InChI=1S/C9H15F3N2O3/c1-13(3-2-4-15)7-5-14(6-7)17-8(16)9(10,11)12/h7,15H,2-6H2,1H3. The van der Waals surface area contributed by atoms with Crippen LogP contribution >= 0.6 is 0 Å². The van der Waals surface area contributed by atoms with Crippen LogP contribution in [0.1, 0.15) is 6.42 Å². The minimum Gasteiger partial charge on any atom is -0.396 e. The maximum absolute atomic E-state index is 11.9. The average molecular weight is 256 g/mol. The van der Waals surface area contributed by atoms with Gasteiger partial charge in [0.15, 0.2) is 0 Å². The second kappa shape index (κ2) is 5.65. The maximum atomic E-state index is 11.9. The third kappa shape index (κ3) is 4.14. The lowest BCUT2D eigenvalue weighted by molar-refractivity contribution is -0.258. The molecule has 0 amide bonds. The topological polar surface area (TPSA) is 53.0 Å². The van der Waals surface area contributed by atoms with Crippen LogP contribution in [0.5, 0.6) is 0 Å². The Bertz CT molecular complexity index is 267. The number of rotatable bonds is 5. The highest BCUT2D eigenvalue weighted by atomic mass is 19.4. The van der Waals surface area contributed by atoms with E-state index >= 15 is 0 Å². The number of halogens is 3. The molecule has 1 heterocycles. The molecule has 1 saturated heterocycles. The number of carbonyl (C=O) groups is 1. The van der Waals surface area contributed by atoms with Crippen molar-refractivity contribution in [3.8, 4) is 0 Å². The summed E-state index contributed by atoms with van der Waals surface area (Å²) in [7, 11) is 1.81. The number of likely N-dealkylation sites (N-methyl/N-ethyl adjacent to an activating group) is 1. The Morgan fingerprint density at radius 1 is 1.53 bits per heavy atom. The molecule has 0 aromatic rings. The first-order valence-corrected chi connectivity index (χ1v) is 5.19. The van der Waals surface area contributed by atoms with Gasteiger partial charge in [0, 0.05) is 19.2 Å². The Morgan fingerprint density at radius 2 is 2.12 bits per heavy atom. The quantitative estimate of drug-likeness (QED) is 0.750. The molecule has 1 N–H and O–H groups in total. The maximum Gasteiger partial charge on any atom is 0.492 e. The molecule has 0 bridgehead atoms. The van der Waals surface area contributed by atoms with Crippen molar-refractivity contribution in [1.29, 1.82) is 0 Å². The Kier molecular flexibility index (Phi) is 4.72. The molecular formula is C9H15F3N2O3. The SMILES string of the molecule is CN(CCCO)C1CN(OC(=O)C(F)(F)F)C1. The van der Waals surface area contributed by atoms with E-state index in [4.69, 9.17) is 5.11 Å². The minimum atomic E-state index is -4.95. The van der Waals surface area contributed by atoms with Crippen molar-refractivity contribution in [1.82, 2.24) is 9.96 Å². The Morgan fingerprint density at radius 3 is 2.59 bits per heavy atom. The number of hydrogen-bond donors (Lipinski definition) is 1. The van der Waals surface area contributed by atoms with Gasteiger partial charge in [0.25, 0.3) is 0 Å². The molecule has 0 aliphatic carbocycles. The lowest BCUT2D eigenvalue weighted by Crippen LogP contribution is -2.59. The van der Waals surface area contributed by atoms with Crippen molar-refractivity contribution in [3.05, 3.63) is 0 Å². The van der Waals surface area contributed by atoms with Crippen LogP contribution in [0.4, 0.5) is 13.2 Å². The molecule has 0 spiro atoms. The van der Waals surface area contributed by atoms with E-state index in [1.54, 1.807) is 0 Å². The first-order valence-electron chi connectivity index (χ1n) is 5.19. The number of nitrogens with zero attached hydrogens (tertiary/aromatic N) is 2. The molecule has 17 heavy (non-hydrogen) atoms. The molecular weight excluding hydrogens is 241 g/mol. The molecule has 1 aliphatic heterocycles. The van der Waals surface area contributed by atoms with Crippen LogP contribution in [0.15, 0.2) is 0 Å². The number of aliphatic hydroxyl groups is 1. The highest BCUT2D eigenvalue weighted by Gasteiger charge is 2.44. The van der Waals surface area contributed by atoms with Gasteiger partial charge in [0.2, 0.25) is 0 Å². The van der Waals surface area contributed by atoms with Gasteiger partial charge in [-0.2, -0.15) is 13.2 Å². The van der Waals surface area contributed by atoms with Gasteiger partial charge >= 0.3 is 12.1 Å². The zero-order valence-corrected chi connectivity index (χ0v) is 9.40. The van der Waals surface area contributed by atoms with Crippen LogP contribution in [0, 0.1) is 0 Å². The van der Waals surface area contributed by atoms with E-state index in [2.05, 4.69) is 4.84 Å². The van der Waals surface area contributed by atoms with Crippen LogP contribution in [0.3, 0.4) is 0 Å². The summed E-state index contributed by atoms with van der Waals surface area (Å²) in [6, 6.07) is 0.0579. The highest BCUT2D eigenvalue weighted by molar-refractivity contribution is 5.75. The fourth-order valence-electron chi connectivity index (χ4n) is 1.44. The summed E-state index contributed by atoms with van der Waals surface area (Å²) >= 11 is 0. The fraction of sp³-hybridized carbons (Fsp3) is 0.889. The smallest absolute Gasteiger partial charge is 0.396 e. The molecule has 0 unspecified atom stereocenters. The Balaban J connectivity index is 2.21. The summed E-state index contributed by atoms with van der Waals surface area (Å²) in [6.07, 6.45) is -4.34. The normalized spacial score (nSPS) is 18.2. The molecule has 8 heteroatoms. The molecule has 1 rings (SSSR count). The first kappa shape index (κ1) is 14.2. The summed E-state index contributed by atoms with van der Waals surface area (Å²) in [4.78, 5) is 16.5. The predicted molar refractivity (Wildman–Crippen MR) is 51.8 cm³/mol. The van der Waals surface area contributed by atoms with Crippen LogP contribution < -0.4 is 0 Å². The number of aliphatic hydroxyl groups excluding tert-OH is 1. The van der Waals surface area contributed by atoms with Gasteiger partial charge in [-0.25, -0.2) is 4.79 Å². The minimum absolute atomic E-state index is 0.0579. The van der Waals surface area contributed by atoms with Gasteiger partial charge < -0.3 is 14.8 Å². The van der Waals surface area contributed by atoms with Crippen molar-refractivity contribution >= 4 is 5.97 Å². The molecule has 0 aromatic carbocycles. The zero-order valence-electron chi connectivity index (χ0n) is 9.40. The van der Waals surface area contributed by atoms with E-state index in [9.17, 15) is 18.0 Å². The highest BCUT2D eigenvalue weighted by Crippen LogP contribution is 2.20. The Hall–Kier alpha value is -0.860. The summed E-state index contributed by atoms with van der Waals surface area (Å²) in [5, 5.41) is 9.60. The van der Waals surface area contributed by atoms with E-state index in [0.29, 0.717) is 13.0 Å². The molecule has 100 valence electrons. The van der Waals surface area contributed by atoms with Gasteiger partial charge in [0.1, 0.15) is 0 Å². The van der Waals surface area contributed by atoms with Crippen molar-refractivity contribution in [2.24, 2.45) is 0 Å². The molecule has 0 saturated carbocycles. The van der Waals surface area contributed by atoms with Gasteiger partial charge in [0.05, 0.1) is 13.1 Å². The van der Waals surface area contributed by atoms with E-state index in [-0.39, 0.29) is 25.7 Å². The average Bonchev–Trinajstić information content (AvgIpc) is 2.17. The van der Waals surface area contributed by atoms with E-state index in [1.807, 2.05) is 11.9 Å². The lowest BCUT2D eigenvalue weighted by Gasteiger charge is -2.42. The molecule has 0 radical (unpaired) electrons. The van der Waals surface area contributed by atoms with Crippen LogP contribution in [0.2, 0.25) is 0 Å². The van der Waals surface area contributed by atoms with Crippen molar-refractivity contribution < 1.29 is 27.9 Å². The largest absolute Gasteiger partial charge is 0.492 e. The molecule has 1 aliphatic rings. The second-order valence-electron chi connectivity index (χ2n) is 3.94. The number of hydrogen-bond acceptors (Lipinski definition) is 5. The van der Waals surface area contributed by atoms with Crippen LogP contribution in [-0.4, -0.2) is 66.5 Å². The number of carbonyl (C=O) groups excluding carboxylic acids is 1. The van der Waals surface area contributed by atoms with E-state index in [1.165, 1.54) is 0 Å². The first-order chi connectivity index (χ1) is 7.84. The zero-order chi connectivity index (χ0) is 13.1. The predicted octanol–water partition coefficient (Wildman–Crippen LogP) is 0.00530. The molecule has 0 atom stereocenters. The summed E-state index contributed by atoms with van der Waals surface area (Å²) in [5.74, 6) is -2.19. The lowest BCUT2D eigenvalue weighted by atomic mass is 10.1. The summed E-state index contributed by atoms with van der Waals surface area (Å²) in [6.45, 7) is 1.24. The van der Waals surface area contributed by atoms with Crippen molar-refractivity contribution in [2.75, 3.05) is 33.3 Å². The Labute approximate surface area is 96.7 Å². The van der Waals surface area contributed by atoms with Gasteiger partial charge in [-0.15, -0.1) is 5.06 Å². The molecule has 1 fully saturated rings. The van der Waals surface area contributed by atoms with Gasteiger partial charge in [-0.05, 0) is 13.5 Å². The fourth-order valence-corrected chi connectivity index (χ4v) is 1.44. The third-order valence-electron chi connectivity index (χ3n) is 2.56. The van der Waals surface area contributed by atoms with Gasteiger partial charge in [-0.1, -0.05) is 0 Å². The summed E-state index contributed by atoms with van der Waals surface area (Å²) < 4.78 is 35.6. The van der Waals surface area contributed by atoms with Gasteiger partial charge in [-0.3, -0.25) is 0 Å². The molecule has 0 aromatic heterocycles.